The minimum Gasteiger partial charge on any atom is -0.491 e. The number of carbonyl (C=O) groups excluding carboxylic acids is 2. The molecule has 0 fully saturated rings. The van der Waals surface area contributed by atoms with Gasteiger partial charge in [-0.3, -0.25) is 4.55 Å². The fourth-order valence-corrected chi connectivity index (χ4v) is 4.53. The third-order valence-corrected chi connectivity index (χ3v) is 6.84. The molecule has 0 spiro atoms. The summed E-state index contributed by atoms with van der Waals surface area (Å²) in [5.74, 6) is -1.84. The highest BCUT2D eigenvalue weighted by atomic mass is 32.2. The van der Waals surface area contributed by atoms with Gasteiger partial charge in [0.25, 0.3) is 21.5 Å². The lowest BCUT2D eigenvalue weighted by Crippen LogP contribution is -2.23. The molecule has 13 nitrogen and oxygen atoms in total. The molecule has 0 aromatic heterocycles. The van der Waals surface area contributed by atoms with Crippen LogP contribution in [0.1, 0.15) is 26.3 Å². The van der Waals surface area contributed by atoms with Gasteiger partial charge in [-0.2, -0.15) is 8.42 Å². The van der Waals surface area contributed by atoms with Gasteiger partial charge in [-0.1, -0.05) is 30.3 Å². The highest BCUT2D eigenvalue weighted by Gasteiger charge is 2.21. The number of hydrogen-bond acceptors (Lipinski definition) is 10. The van der Waals surface area contributed by atoms with Crippen LogP contribution < -0.4 is 19.9 Å². The summed E-state index contributed by atoms with van der Waals surface area (Å²) < 4.78 is 54.2. The third kappa shape index (κ3) is 8.44. The standard InChI is InChI=1S/C31H22N4O9S/c1-20-8-4-5-9-21(20)30(36)43-14-12-41-27-16-24(26(19-33)35-3)28(17-23(27)25(18-32)34-2)42-13-15-44-31(37)22-10-6-7-11-29(22)45(38,39)40/h4-11,16-17H,12-15H2,1H3,(H,38,39,40)/b25-23-,26-24+. The Hall–Kier alpha value is -6.19. The molecule has 45 heavy (non-hydrogen) atoms. The topological polar surface area (TPSA) is 182 Å². The predicted molar refractivity (Wildman–Crippen MR) is 156 cm³/mol. The minimum atomic E-state index is -4.71. The second-order valence-electron chi connectivity index (χ2n) is 8.74. The zero-order chi connectivity index (χ0) is 33.0. The molecule has 3 rings (SSSR count). The van der Waals surface area contributed by atoms with Gasteiger partial charge >= 0.3 is 11.9 Å². The van der Waals surface area contributed by atoms with E-state index in [1.54, 1.807) is 43.3 Å². The van der Waals surface area contributed by atoms with E-state index in [1.807, 2.05) is 0 Å². The van der Waals surface area contributed by atoms with Crippen molar-refractivity contribution < 1.29 is 41.5 Å². The molecule has 0 unspecified atom stereocenters. The first-order valence-corrected chi connectivity index (χ1v) is 14.2. The zero-order valence-corrected chi connectivity index (χ0v) is 24.3. The van der Waals surface area contributed by atoms with Gasteiger partial charge in [0.2, 0.25) is 0 Å². The Bertz CT molecular complexity index is 2020. The summed E-state index contributed by atoms with van der Waals surface area (Å²) in [6, 6.07) is 17.6. The second-order valence-corrected chi connectivity index (χ2v) is 10.1. The second kappa shape index (κ2) is 15.3. The number of benzene rings is 3. The molecule has 0 aliphatic heterocycles. The maximum absolute atomic E-state index is 12.5. The Kier molecular flexibility index (Phi) is 11.3. The summed E-state index contributed by atoms with van der Waals surface area (Å²) in [6.45, 7) is 15.3. The van der Waals surface area contributed by atoms with Crippen LogP contribution in [0.5, 0.6) is 11.5 Å². The van der Waals surface area contributed by atoms with Crippen molar-refractivity contribution in [3.63, 3.8) is 0 Å². The van der Waals surface area contributed by atoms with Gasteiger partial charge in [-0.15, -0.1) is 0 Å². The van der Waals surface area contributed by atoms with E-state index < -0.39 is 50.5 Å². The van der Waals surface area contributed by atoms with Crippen LogP contribution in [0, 0.1) is 42.7 Å². The Morgan fingerprint density at radius 3 is 1.67 bits per heavy atom. The first kappa shape index (κ1) is 33.3. The lowest BCUT2D eigenvalue weighted by atomic mass is 10.1. The Morgan fingerprint density at radius 2 is 1.22 bits per heavy atom. The largest absolute Gasteiger partial charge is 0.491 e. The molecule has 0 radical (unpaired) electrons. The van der Waals surface area contributed by atoms with Crippen molar-refractivity contribution >= 4 is 33.5 Å². The van der Waals surface area contributed by atoms with Crippen molar-refractivity contribution in [2.75, 3.05) is 26.4 Å². The highest BCUT2D eigenvalue weighted by molar-refractivity contribution is 7.86. The van der Waals surface area contributed by atoms with E-state index in [-0.39, 0.29) is 41.8 Å². The van der Waals surface area contributed by atoms with Crippen LogP contribution in [0.2, 0.25) is 0 Å². The van der Waals surface area contributed by atoms with E-state index >= 15 is 0 Å². The van der Waals surface area contributed by atoms with Gasteiger partial charge in [-0.25, -0.2) is 29.8 Å². The van der Waals surface area contributed by atoms with Crippen molar-refractivity contribution in [2.24, 2.45) is 0 Å². The van der Waals surface area contributed by atoms with E-state index in [0.717, 1.165) is 12.1 Å². The van der Waals surface area contributed by atoms with Gasteiger partial charge in [0.15, 0.2) is 0 Å². The van der Waals surface area contributed by atoms with E-state index in [0.29, 0.717) is 11.1 Å². The molecule has 1 N–H and O–H groups in total. The van der Waals surface area contributed by atoms with Crippen LogP contribution in [-0.2, 0) is 19.6 Å². The van der Waals surface area contributed by atoms with Gasteiger partial charge < -0.3 is 18.9 Å². The number of ether oxygens (including phenoxy) is 4. The fourth-order valence-electron chi connectivity index (χ4n) is 3.85. The van der Waals surface area contributed by atoms with Crippen LogP contribution in [0.25, 0.3) is 21.1 Å². The molecule has 0 bridgehead atoms. The van der Waals surface area contributed by atoms with Crippen LogP contribution in [0.15, 0.2) is 65.6 Å². The molecular weight excluding hydrogens is 604 g/mol. The maximum Gasteiger partial charge on any atom is 0.339 e. The molecular formula is C31H22N4O9S. The monoisotopic (exact) mass is 626 g/mol. The summed E-state index contributed by atoms with van der Waals surface area (Å²) in [5.41, 5.74) is -0.158. The molecule has 0 amide bonds. The van der Waals surface area contributed by atoms with Gasteiger partial charge in [0.1, 0.15) is 42.8 Å². The molecule has 0 saturated carbocycles. The molecule has 3 aromatic carbocycles. The molecule has 0 atom stereocenters. The van der Waals surface area contributed by atoms with Gasteiger partial charge in [0.05, 0.1) is 36.4 Å². The number of rotatable bonds is 11. The van der Waals surface area contributed by atoms with Gasteiger partial charge in [-0.05, 0) is 42.8 Å². The number of carbonyl (C=O) groups is 2. The number of nitriles is 2. The van der Waals surface area contributed by atoms with E-state index in [1.165, 1.54) is 24.3 Å². The predicted octanol–water partition coefficient (Wildman–Crippen LogP) is 2.82. The van der Waals surface area contributed by atoms with Gasteiger partial charge in [0, 0.05) is 10.4 Å². The van der Waals surface area contributed by atoms with Crippen LogP contribution in [0.3, 0.4) is 0 Å². The Labute approximate surface area is 257 Å². The average Bonchev–Trinajstić information content (AvgIpc) is 3.03. The zero-order valence-electron chi connectivity index (χ0n) is 23.5. The number of aryl methyl sites for hydroxylation is 1. The molecule has 0 aliphatic rings. The maximum atomic E-state index is 12.5. The molecule has 0 aliphatic carbocycles. The Morgan fingerprint density at radius 1 is 0.778 bits per heavy atom. The van der Waals surface area contributed by atoms with Crippen molar-refractivity contribution in [3.8, 4) is 23.6 Å². The summed E-state index contributed by atoms with van der Waals surface area (Å²) in [4.78, 5) is 30.6. The van der Waals surface area contributed by atoms with E-state index in [9.17, 15) is 33.1 Å². The number of nitrogens with zero attached hydrogens (tertiary/aromatic N) is 4. The first-order chi connectivity index (χ1) is 21.5. The number of hydrogen-bond donors (Lipinski definition) is 1. The van der Waals surface area contributed by atoms with Crippen molar-refractivity contribution in [3.05, 3.63) is 111 Å². The van der Waals surface area contributed by atoms with E-state index in [2.05, 4.69) is 9.69 Å². The molecule has 0 heterocycles. The van der Waals surface area contributed by atoms with Crippen LogP contribution in [0.4, 0.5) is 0 Å². The SMILES string of the molecule is [C-]#[N+]/C(C#N)=c1/cc(OCCOC(=O)c2ccccc2S(=O)(=O)O)/c(=C(\C#N)[N+]#[C-])cc1OCCOC(=O)c1ccccc1C. The smallest absolute Gasteiger partial charge is 0.339 e. The molecule has 3 aromatic rings. The van der Waals surface area contributed by atoms with Crippen molar-refractivity contribution in [2.45, 2.75) is 11.8 Å². The lowest BCUT2D eigenvalue weighted by Gasteiger charge is -2.13. The first-order valence-electron chi connectivity index (χ1n) is 12.8. The quantitative estimate of drug-likeness (QED) is 0.143. The summed E-state index contributed by atoms with van der Waals surface area (Å²) >= 11 is 0. The summed E-state index contributed by atoms with van der Waals surface area (Å²) in [5, 5.41) is 19.0. The third-order valence-electron chi connectivity index (χ3n) is 5.93. The molecule has 14 heteroatoms. The summed E-state index contributed by atoms with van der Waals surface area (Å²) in [7, 11) is -4.71. The van der Waals surface area contributed by atoms with Crippen molar-refractivity contribution in [1.82, 2.24) is 0 Å². The minimum absolute atomic E-state index is 0.0437. The average molecular weight is 627 g/mol. The van der Waals surface area contributed by atoms with Crippen LogP contribution in [-0.4, -0.2) is 51.3 Å². The van der Waals surface area contributed by atoms with Crippen LogP contribution >= 0.6 is 0 Å². The van der Waals surface area contributed by atoms with E-state index in [4.69, 9.17) is 32.1 Å². The fraction of sp³-hybridized carbons (Fsp3) is 0.161. The summed E-state index contributed by atoms with van der Waals surface area (Å²) in [6.07, 6.45) is 0. The Balaban J connectivity index is 1.85. The lowest BCUT2D eigenvalue weighted by molar-refractivity contribution is 0.0437. The normalized spacial score (nSPS) is 11.8. The molecule has 226 valence electrons. The highest BCUT2D eigenvalue weighted by Crippen LogP contribution is 2.17. The van der Waals surface area contributed by atoms with Crippen molar-refractivity contribution in [1.29, 1.82) is 10.5 Å². The number of esters is 2. The molecule has 0 saturated heterocycles.